The van der Waals surface area contributed by atoms with Crippen LogP contribution in [0.15, 0.2) is 16.9 Å². The lowest BCUT2D eigenvalue weighted by molar-refractivity contribution is 0.0765. The summed E-state index contributed by atoms with van der Waals surface area (Å²) in [4.78, 5) is 29.1. The van der Waals surface area contributed by atoms with Gasteiger partial charge in [0.1, 0.15) is 22.7 Å². The fourth-order valence-corrected chi connectivity index (χ4v) is 2.90. The van der Waals surface area contributed by atoms with Crippen molar-refractivity contribution < 1.29 is 14.6 Å². The summed E-state index contributed by atoms with van der Waals surface area (Å²) < 4.78 is 6.76. The number of nitrogen functional groups attached to an aromatic ring is 1. The van der Waals surface area contributed by atoms with E-state index in [9.17, 15) is 14.7 Å². The molecular formula is C18H20N4O4. The van der Waals surface area contributed by atoms with Crippen LogP contribution in [0.25, 0.3) is 11.0 Å². The number of nitrogens with zero attached hydrogens (tertiary/aromatic N) is 2. The number of carbonyl (C=O) groups is 1. The number of nitrogens with two attached hydrogens (primary N) is 1. The van der Waals surface area contributed by atoms with Crippen molar-refractivity contribution in [3.63, 3.8) is 0 Å². The minimum absolute atomic E-state index is 0.0600. The topological polar surface area (TPSA) is 119 Å². The molecule has 0 aromatic carbocycles. The lowest BCUT2D eigenvalue weighted by Gasteiger charge is -2.15. The number of aromatic nitrogens is 2. The molecule has 26 heavy (non-hydrogen) atoms. The van der Waals surface area contributed by atoms with E-state index in [0.29, 0.717) is 30.9 Å². The highest BCUT2D eigenvalue weighted by Gasteiger charge is 2.30. The Morgan fingerprint density at radius 2 is 2.31 bits per heavy atom. The SMILES string of the molecule is CCn1c(N)c(C(=O)NC)c(=O)c2ccc(C#CC3(O)CCOC3)nc21. The van der Waals surface area contributed by atoms with E-state index >= 15 is 0 Å². The van der Waals surface area contributed by atoms with Gasteiger partial charge in [-0.15, -0.1) is 0 Å². The maximum Gasteiger partial charge on any atom is 0.258 e. The van der Waals surface area contributed by atoms with Crippen LogP contribution in [0.1, 0.15) is 29.4 Å². The molecule has 3 rings (SSSR count). The molecule has 136 valence electrons. The largest absolute Gasteiger partial charge is 0.384 e. The second kappa shape index (κ2) is 6.78. The molecular weight excluding hydrogens is 336 g/mol. The minimum atomic E-state index is -1.18. The molecule has 0 radical (unpaired) electrons. The van der Waals surface area contributed by atoms with Crippen LogP contribution in [-0.4, -0.2) is 46.4 Å². The number of aryl methyl sites for hydroxylation is 1. The maximum atomic E-state index is 12.7. The van der Waals surface area contributed by atoms with Crippen LogP contribution in [0, 0.1) is 11.8 Å². The average Bonchev–Trinajstić information content (AvgIpc) is 3.07. The van der Waals surface area contributed by atoms with E-state index in [0.717, 1.165) is 0 Å². The van der Waals surface area contributed by atoms with Gasteiger partial charge in [0.15, 0.2) is 5.60 Å². The predicted octanol–water partition coefficient (Wildman–Crippen LogP) is -0.139. The van der Waals surface area contributed by atoms with Gasteiger partial charge in [-0.1, -0.05) is 5.92 Å². The Morgan fingerprint density at radius 1 is 1.54 bits per heavy atom. The first-order chi connectivity index (χ1) is 12.4. The standard InChI is InChI=1S/C18H20N4O4/c1-3-22-15(19)13(17(24)20-2)14(23)12-5-4-11(21-16(12)22)6-7-18(25)8-9-26-10-18/h4-5,25H,3,8-10,19H2,1-2H3,(H,20,24). The number of anilines is 1. The molecule has 1 aliphatic heterocycles. The summed E-state index contributed by atoms with van der Waals surface area (Å²) in [7, 11) is 1.44. The molecule has 0 saturated carbocycles. The smallest absolute Gasteiger partial charge is 0.258 e. The first-order valence-electron chi connectivity index (χ1n) is 8.28. The number of nitrogens with one attached hydrogen (secondary N) is 1. The minimum Gasteiger partial charge on any atom is -0.384 e. The van der Waals surface area contributed by atoms with E-state index in [1.54, 1.807) is 16.7 Å². The van der Waals surface area contributed by atoms with Crippen LogP contribution >= 0.6 is 0 Å². The monoisotopic (exact) mass is 356 g/mol. The first-order valence-corrected chi connectivity index (χ1v) is 8.28. The van der Waals surface area contributed by atoms with Crippen molar-refractivity contribution in [2.45, 2.75) is 25.5 Å². The van der Waals surface area contributed by atoms with Gasteiger partial charge >= 0.3 is 0 Å². The Hall–Kier alpha value is -2.89. The number of ether oxygens (including phenoxy) is 1. The molecule has 1 fully saturated rings. The van der Waals surface area contributed by atoms with Gasteiger partial charge in [0.05, 0.1) is 18.6 Å². The van der Waals surface area contributed by atoms with Crippen molar-refractivity contribution in [2.75, 3.05) is 26.0 Å². The van der Waals surface area contributed by atoms with E-state index in [4.69, 9.17) is 10.5 Å². The van der Waals surface area contributed by atoms with Crippen LogP contribution in [0.3, 0.4) is 0 Å². The van der Waals surface area contributed by atoms with Gasteiger partial charge in [-0.3, -0.25) is 9.59 Å². The number of pyridine rings is 2. The van der Waals surface area contributed by atoms with E-state index in [1.165, 1.54) is 7.05 Å². The molecule has 0 aliphatic carbocycles. The molecule has 3 heterocycles. The molecule has 2 aromatic heterocycles. The third-order valence-corrected chi connectivity index (χ3v) is 4.34. The van der Waals surface area contributed by atoms with Gasteiger partial charge in [-0.2, -0.15) is 0 Å². The normalized spacial score (nSPS) is 19.2. The van der Waals surface area contributed by atoms with Crippen molar-refractivity contribution in [2.24, 2.45) is 0 Å². The Labute approximate surface area is 150 Å². The van der Waals surface area contributed by atoms with Crippen LogP contribution < -0.4 is 16.5 Å². The van der Waals surface area contributed by atoms with E-state index in [2.05, 4.69) is 22.1 Å². The number of hydrogen-bond donors (Lipinski definition) is 3. The lowest BCUT2D eigenvalue weighted by Crippen LogP contribution is -2.30. The molecule has 4 N–H and O–H groups in total. The summed E-state index contributed by atoms with van der Waals surface area (Å²) in [5, 5.41) is 13.0. The Morgan fingerprint density at radius 3 is 2.92 bits per heavy atom. The lowest BCUT2D eigenvalue weighted by atomic mass is 10.0. The van der Waals surface area contributed by atoms with E-state index < -0.39 is 16.9 Å². The van der Waals surface area contributed by atoms with E-state index in [1.807, 2.05) is 6.92 Å². The summed E-state index contributed by atoms with van der Waals surface area (Å²) >= 11 is 0. The number of aliphatic hydroxyl groups is 1. The molecule has 1 aliphatic rings. The molecule has 1 saturated heterocycles. The molecule has 1 unspecified atom stereocenters. The van der Waals surface area contributed by atoms with Crippen LogP contribution in [0.2, 0.25) is 0 Å². The van der Waals surface area contributed by atoms with Gasteiger partial charge in [-0.25, -0.2) is 4.98 Å². The number of carbonyl (C=O) groups excluding carboxylic acids is 1. The highest BCUT2D eigenvalue weighted by Crippen LogP contribution is 2.19. The second-order valence-electron chi connectivity index (χ2n) is 6.06. The molecule has 0 bridgehead atoms. The third-order valence-electron chi connectivity index (χ3n) is 4.34. The highest BCUT2D eigenvalue weighted by molar-refractivity contribution is 6.01. The summed E-state index contributed by atoms with van der Waals surface area (Å²) in [5.74, 6) is 5.13. The van der Waals surface area contributed by atoms with Gasteiger partial charge in [0, 0.05) is 20.0 Å². The Balaban J connectivity index is 2.17. The summed E-state index contributed by atoms with van der Waals surface area (Å²) in [5.41, 5.74) is 5.05. The van der Waals surface area contributed by atoms with Gasteiger partial charge in [-0.05, 0) is 25.0 Å². The molecule has 1 atom stereocenters. The number of hydrogen-bond acceptors (Lipinski definition) is 6. The highest BCUT2D eigenvalue weighted by atomic mass is 16.5. The predicted molar refractivity (Wildman–Crippen MR) is 96.7 cm³/mol. The number of rotatable bonds is 2. The quantitative estimate of drug-likeness (QED) is 0.645. The third kappa shape index (κ3) is 3.03. The van der Waals surface area contributed by atoms with Crippen LogP contribution in [-0.2, 0) is 11.3 Å². The van der Waals surface area contributed by atoms with Gasteiger partial charge < -0.3 is 25.5 Å². The molecule has 2 aromatic rings. The average molecular weight is 356 g/mol. The summed E-state index contributed by atoms with van der Waals surface area (Å²) in [6.07, 6.45) is 0.440. The number of fused-ring (bicyclic) bond motifs is 1. The number of amides is 1. The zero-order chi connectivity index (χ0) is 18.9. The van der Waals surface area contributed by atoms with E-state index in [-0.39, 0.29) is 23.4 Å². The zero-order valence-corrected chi connectivity index (χ0v) is 14.6. The summed E-state index contributed by atoms with van der Waals surface area (Å²) in [6, 6.07) is 3.15. The Bertz CT molecular complexity index is 994. The molecule has 8 nitrogen and oxygen atoms in total. The molecule has 1 amide bonds. The van der Waals surface area contributed by atoms with Gasteiger partial charge in [0.2, 0.25) is 5.43 Å². The van der Waals surface area contributed by atoms with Crippen molar-refractivity contribution in [3.05, 3.63) is 33.6 Å². The van der Waals surface area contributed by atoms with Crippen molar-refractivity contribution in [1.82, 2.24) is 14.9 Å². The van der Waals surface area contributed by atoms with Crippen LogP contribution in [0.4, 0.5) is 5.82 Å². The maximum absolute atomic E-state index is 12.7. The molecule has 8 heteroatoms. The van der Waals surface area contributed by atoms with Crippen molar-refractivity contribution in [3.8, 4) is 11.8 Å². The first kappa shape index (κ1) is 17.9. The second-order valence-corrected chi connectivity index (χ2v) is 6.06. The van der Waals surface area contributed by atoms with Gasteiger partial charge in [0.25, 0.3) is 5.91 Å². The fourth-order valence-electron chi connectivity index (χ4n) is 2.90. The Kier molecular flexibility index (Phi) is 4.68. The zero-order valence-electron chi connectivity index (χ0n) is 14.6. The van der Waals surface area contributed by atoms with Crippen molar-refractivity contribution in [1.29, 1.82) is 0 Å². The summed E-state index contributed by atoms with van der Waals surface area (Å²) in [6.45, 7) is 2.89. The van der Waals surface area contributed by atoms with Crippen molar-refractivity contribution >= 4 is 22.8 Å². The molecule has 0 spiro atoms. The fraction of sp³-hybridized carbons (Fsp3) is 0.389. The van der Waals surface area contributed by atoms with Crippen LogP contribution in [0.5, 0.6) is 0 Å².